The number of nitrogens with zero attached hydrogens (tertiary/aromatic N) is 2. The van der Waals surface area contributed by atoms with Gasteiger partial charge in [-0.05, 0) is 71.5 Å². The molecular formula is C28H23IN2O2. The molecular weight excluding hydrogens is 523 g/mol. The molecule has 0 unspecified atom stereocenters. The van der Waals surface area contributed by atoms with Crippen molar-refractivity contribution in [2.75, 3.05) is 11.4 Å². The number of halogens is 1. The fourth-order valence-electron chi connectivity index (χ4n) is 3.84. The van der Waals surface area contributed by atoms with E-state index in [4.69, 9.17) is 0 Å². The van der Waals surface area contributed by atoms with Crippen molar-refractivity contribution in [2.45, 2.75) is 13.3 Å². The van der Waals surface area contributed by atoms with Crippen molar-refractivity contribution in [2.24, 2.45) is 7.05 Å². The summed E-state index contributed by atoms with van der Waals surface area (Å²) in [4.78, 5) is 27.4. The monoisotopic (exact) mass is 546 g/mol. The lowest BCUT2D eigenvalue weighted by Crippen LogP contribution is -2.33. The van der Waals surface area contributed by atoms with Gasteiger partial charge >= 0.3 is 0 Å². The van der Waals surface area contributed by atoms with Gasteiger partial charge in [-0.3, -0.25) is 9.59 Å². The summed E-state index contributed by atoms with van der Waals surface area (Å²) < 4.78 is 2.68. The largest absolute Gasteiger partial charge is 0.311 e. The van der Waals surface area contributed by atoms with Crippen molar-refractivity contribution in [1.29, 1.82) is 0 Å². The molecule has 0 spiro atoms. The minimum absolute atomic E-state index is 0.00791. The Hall–Kier alpha value is -3.37. The van der Waals surface area contributed by atoms with Gasteiger partial charge in [0.1, 0.15) is 0 Å². The van der Waals surface area contributed by atoms with E-state index in [-0.39, 0.29) is 11.5 Å². The Bertz CT molecular complexity index is 1450. The number of amides is 1. The maximum atomic E-state index is 13.4. The third kappa shape index (κ3) is 4.86. The zero-order chi connectivity index (χ0) is 23.4. The van der Waals surface area contributed by atoms with Crippen LogP contribution >= 0.6 is 22.6 Å². The Morgan fingerprint density at radius 1 is 0.939 bits per heavy atom. The van der Waals surface area contributed by atoms with Crippen LogP contribution in [0.5, 0.6) is 0 Å². The third-order valence-corrected chi connectivity index (χ3v) is 6.65. The first-order chi connectivity index (χ1) is 16.0. The molecule has 0 radical (unpaired) electrons. The Morgan fingerprint density at radius 2 is 1.67 bits per heavy atom. The second-order valence-electron chi connectivity index (χ2n) is 7.65. The van der Waals surface area contributed by atoms with Crippen molar-refractivity contribution < 1.29 is 4.79 Å². The molecule has 1 amide bonds. The quantitative estimate of drug-likeness (QED) is 0.263. The van der Waals surface area contributed by atoms with E-state index >= 15 is 0 Å². The van der Waals surface area contributed by atoms with E-state index in [0.717, 1.165) is 36.9 Å². The van der Waals surface area contributed by atoms with Crippen LogP contribution in [-0.2, 0) is 18.3 Å². The van der Waals surface area contributed by atoms with E-state index in [9.17, 15) is 9.59 Å². The van der Waals surface area contributed by atoms with Crippen LogP contribution in [0.25, 0.3) is 10.9 Å². The summed E-state index contributed by atoms with van der Waals surface area (Å²) >= 11 is 2.26. The minimum Gasteiger partial charge on any atom is -0.311 e. The van der Waals surface area contributed by atoms with Crippen LogP contribution in [0.4, 0.5) is 5.69 Å². The number of likely N-dealkylation sites (N-methyl/N-ethyl adjacent to an activating group) is 1. The summed E-state index contributed by atoms with van der Waals surface area (Å²) in [6, 6.07) is 24.8. The number of carbonyl (C=O) groups excluding carboxylic acids is 1. The van der Waals surface area contributed by atoms with Gasteiger partial charge < -0.3 is 9.47 Å². The summed E-state index contributed by atoms with van der Waals surface area (Å²) in [5.74, 6) is 6.54. The van der Waals surface area contributed by atoms with Crippen LogP contribution in [0, 0.1) is 15.4 Å². The fraction of sp³-hybridized carbons (Fsp3) is 0.143. The molecule has 164 valence electrons. The molecule has 4 rings (SSSR count). The second-order valence-corrected chi connectivity index (χ2v) is 8.81. The fourth-order valence-corrected chi connectivity index (χ4v) is 4.42. The van der Waals surface area contributed by atoms with Gasteiger partial charge in [0.15, 0.2) is 0 Å². The molecule has 1 heterocycles. The van der Waals surface area contributed by atoms with Gasteiger partial charge in [0.2, 0.25) is 5.91 Å². The Balaban J connectivity index is 1.86. The number of rotatable bonds is 4. The highest BCUT2D eigenvalue weighted by molar-refractivity contribution is 14.1. The summed E-state index contributed by atoms with van der Waals surface area (Å²) in [6.45, 7) is 2.48. The minimum atomic E-state index is -0.0840. The molecule has 1 aromatic heterocycles. The number of hydrogen-bond acceptors (Lipinski definition) is 2. The SMILES string of the molecule is CCN(C(=O)Cc1ccccc1I)c1ccc2c(ccc(=O)n2C)c1C#Cc1ccccc1. The Labute approximate surface area is 207 Å². The maximum absolute atomic E-state index is 13.4. The zero-order valence-electron chi connectivity index (χ0n) is 18.5. The van der Waals surface area contributed by atoms with Crippen LogP contribution < -0.4 is 10.5 Å². The van der Waals surface area contributed by atoms with Crippen molar-refractivity contribution in [1.82, 2.24) is 4.57 Å². The van der Waals surface area contributed by atoms with Crippen LogP contribution in [0.3, 0.4) is 0 Å². The Kier molecular flexibility index (Phi) is 6.95. The molecule has 0 N–H and O–H groups in total. The summed E-state index contributed by atoms with van der Waals surface area (Å²) in [7, 11) is 1.75. The van der Waals surface area contributed by atoms with Crippen molar-refractivity contribution >= 4 is 45.1 Å². The van der Waals surface area contributed by atoms with Crippen LogP contribution in [-0.4, -0.2) is 17.0 Å². The maximum Gasteiger partial charge on any atom is 0.250 e. The van der Waals surface area contributed by atoms with Crippen molar-refractivity contribution in [3.63, 3.8) is 0 Å². The van der Waals surface area contributed by atoms with Crippen molar-refractivity contribution in [3.8, 4) is 11.8 Å². The highest BCUT2D eigenvalue weighted by atomic mass is 127. The molecule has 0 fully saturated rings. The lowest BCUT2D eigenvalue weighted by molar-refractivity contribution is -0.117. The van der Waals surface area contributed by atoms with E-state index in [1.54, 1.807) is 28.6 Å². The molecule has 33 heavy (non-hydrogen) atoms. The predicted octanol–water partition coefficient (Wildman–Crippen LogP) is 5.14. The first kappa shape index (κ1) is 22.8. The average molecular weight is 546 g/mol. The summed E-state index contributed by atoms with van der Waals surface area (Å²) in [5.41, 5.74) is 4.08. The molecule has 0 aliphatic heterocycles. The highest BCUT2D eigenvalue weighted by Crippen LogP contribution is 2.29. The van der Waals surface area contributed by atoms with E-state index in [1.165, 1.54) is 0 Å². The van der Waals surface area contributed by atoms with Gasteiger partial charge in [-0.25, -0.2) is 0 Å². The topological polar surface area (TPSA) is 42.3 Å². The number of pyridine rings is 1. The summed E-state index contributed by atoms with van der Waals surface area (Å²) in [5, 5.41) is 0.846. The van der Waals surface area contributed by atoms with Gasteiger partial charge in [-0.2, -0.15) is 0 Å². The molecule has 5 heteroatoms. The second kappa shape index (κ2) is 10.1. The third-order valence-electron chi connectivity index (χ3n) is 5.60. The predicted molar refractivity (Wildman–Crippen MR) is 143 cm³/mol. The van der Waals surface area contributed by atoms with E-state index < -0.39 is 0 Å². The number of aryl methyl sites for hydroxylation is 1. The lowest BCUT2D eigenvalue weighted by atomic mass is 10.0. The molecule has 0 aliphatic rings. The normalized spacial score (nSPS) is 10.5. The zero-order valence-corrected chi connectivity index (χ0v) is 20.7. The first-order valence-corrected chi connectivity index (χ1v) is 11.8. The number of benzene rings is 3. The van der Waals surface area contributed by atoms with Gasteiger partial charge in [0.05, 0.1) is 23.2 Å². The van der Waals surface area contributed by atoms with Crippen LogP contribution in [0.2, 0.25) is 0 Å². The molecule has 0 aliphatic carbocycles. The van der Waals surface area contributed by atoms with Crippen molar-refractivity contribution in [3.05, 3.63) is 109 Å². The van der Waals surface area contributed by atoms with E-state index in [0.29, 0.717) is 13.0 Å². The smallest absolute Gasteiger partial charge is 0.250 e. The summed E-state index contributed by atoms with van der Waals surface area (Å²) in [6.07, 6.45) is 0.309. The molecule has 0 atom stereocenters. The average Bonchev–Trinajstić information content (AvgIpc) is 2.83. The molecule has 4 nitrogen and oxygen atoms in total. The van der Waals surface area contributed by atoms with E-state index in [1.807, 2.05) is 73.7 Å². The molecule has 4 aromatic rings. The number of fused-ring (bicyclic) bond motifs is 1. The van der Waals surface area contributed by atoms with Gasteiger partial charge in [-0.15, -0.1) is 0 Å². The number of carbonyl (C=O) groups is 1. The highest BCUT2D eigenvalue weighted by Gasteiger charge is 2.20. The lowest BCUT2D eigenvalue weighted by Gasteiger charge is -2.24. The molecule has 3 aromatic carbocycles. The molecule has 0 bridgehead atoms. The number of anilines is 1. The molecule has 0 saturated heterocycles. The van der Waals surface area contributed by atoms with Gasteiger partial charge in [0, 0.05) is 34.2 Å². The first-order valence-electron chi connectivity index (χ1n) is 10.7. The molecule has 0 saturated carbocycles. The number of hydrogen-bond donors (Lipinski definition) is 0. The Morgan fingerprint density at radius 3 is 2.39 bits per heavy atom. The van der Waals surface area contributed by atoms with E-state index in [2.05, 4.69) is 34.4 Å². The van der Waals surface area contributed by atoms with Crippen LogP contribution in [0.15, 0.2) is 83.7 Å². The standard InChI is InChI=1S/C28H23IN2O2/c1-3-31(28(33)19-21-11-7-8-12-24(21)29)26-17-16-25-22(15-18-27(32)30(25)2)23(26)14-13-20-9-5-4-6-10-20/h4-12,15-18H,3,19H2,1-2H3. The number of aromatic nitrogens is 1. The van der Waals surface area contributed by atoms with Gasteiger partial charge in [-0.1, -0.05) is 48.2 Å². The van der Waals surface area contributed by atoms with Crippen LogP contribution in [0.1, 0.15) is 23.6 Å². The van der Waals surface area contributed by atoms with Gasteiger partial charge in [0.25, 0.3) is 5.56 Å².